The highest BCUT2D eigenvalue weighted by molar-refractivity contribution is 7.22. The van der Waals surface area contributed by atoms with E-state index in [0.29, 0.717) is 43.6 Å². The summed E-state index contributed by atoms with van der Waals surface area (Å²) in [5.41, 5.74) is 1.91. The van der Waals surface area contributed by atoms with Crippen molar-refractivity contribution in [2.45, 2.75) is 6.92 Å². The van der Waals surface area contributed by atoms with Crippen LogP contribution in [-0.2, 0) is 4.79 Å². The van der Waals surface area contributed by atoms with E-state index >= 15 is 0 Å². The summed E-state index contributed by atoms with van der Waals surface area (Å²) in [5, 5.41) is 4.19. The summed E-state index contributed by atoms with van der Waals surface area (Å²) in [5.74, 6) is 1.91. The fourth-order valence-electron chi connectivity index (χ4n) is 3.61. The summed E-state index contributed by atoms with van der Waals surface area (Å²) >= 11 is 1.62. The fraction of sp³-hybridized carbons (Fsp3) is 0.217. The number of nitrogens with one attached hydrogen (secondary N) is 1. The van der Waals surface area contributed by atoms with E-state index in [0.717, 1.165) is 21.0 Å². The predicted molar refractivity (Wildman–Crippen MR) is 126 cm³/mol. The molecule has 4 aromatic rings. The lowest BCUT2D eigenvalue weighted by atomic mass is 10.3. The van der Waals surface area contributed by atoms with Crippen LogP contribution in [0, 0.1) is 0 Å². The number of hydrogen-bond donors (Lipinski definition) is 1. The number of hydrogen-bond acceptors (Lipinski definition) is 8. The summed E-state index contributed by atoms with van der Waals surface area (Å²) in [6, 6.07) is 15.7. The zero-order valence-electron chi connectivity index (χ0n) is 17.6. The van der Waals surface area contributed by atoms with E-state index in [1.165, 1.54) is 0 Å². The van der Waals surface area contributed by atoms with E-state index < -0.39 is 0 Å². The highest BCUT2D eigenvalue weighted by Crippen LogP contribution is 2.31. The highest BCUT2D eigenvalue weighted by Gasteiger charge is 2.23. The largest absolute Gasteiger partial charge is 0.436 e. The molecule has 0 saturated carbocycles. The van der Waals surface area contributed by atoms with E-state index in [1.54, 1.807) is 30.7 Å². The Morgan fingerprint density at radius 1 is 1.00 bits per heavy atom. The Morgan fingerprint density at radius 2 is 1.75 bits per heavy atom. The molecule has 3 heterocycles. The van der Waals surface area contributed by atoms with Crippen molar-refractivity contribution in [3.8, 4) is 11.6 Å². The minimum Gasteiger partial charge on any atom is -0.436 e. The second-order valence-corrected chi connectivity index (χ2v) is 8.45. The number of para-hydroxylation sites is 1. The van der Waals surface area contributed by atoms with Crippen molar-refractivity contribution in [2.75, 3.05) is 36.4 Å². The smallest absolute Gasteiger partial charge is 0.263 e. The molecule has 8 nitrogen and oxygen atoms in total. The lowest BCUT2D eigenvalue weighted by Gasteiger charge is -2.35. The first-order valence-corrected chi connectivity index (χ1v) is 11.2. The minimum absolute atomic E-state index is 0.0971. The topological polar surface area (TPSA) is 83.5 Å². The Labute approximate surface area is 189 Å². The van der Waals surface area contributed by atoms with Gasteiger partial charge in [-0.25, -0.2) is 15.0 Å². The number of nitrogens with zero attached hydrogens (tertiary/aromatic N) is 5. The van der Waals surface area contributed by atoms with Crippen molar-refractivity contribution in [1.82, 2.24) is 19.9 Å². The third-order valence-corrected chi connectivity index (χ3v) is 6.24. The molecule has 1 aliphatic rings. The summed E-state index contributed by atoms with van der Waals surface area (Å²) in [6.45, 7) is 4.32. The lowest BCUT2D eigenvalue weighted by Crippen LogP contribution is -2.48. The number of anilines is 3. The van der Waals surface area contributed by atoms with Gasteiger partial charge in [0.25, 0.3) is 5.88 Å². The van der Waals surface area contributed by atoms with Crippen molar-refractivity contribution in [3.05, 3.63) is 60.9 Å². The maximum Gasteiger partial charge on any atom is 0.263 e. The average Bonchev–Trinajstić information content (AvgIpc) is 3.23. The SMILES string of the molecule is CC(=O)N1CCN(c2nccnc2Oc2ccc(Nc3nc4ccccc4s3)cc2)CC1. The van der Waals surface area contributed by atoms with Gasteiger partial charge in [-0.05, 0) is 36.4 Å². The van der Waals surface area contributed by atoms with E-state index in [2.05, 4.69) is 31.2 Å². The monoisotopic (exact) mass is 446 g/mol. The van der Waals surface area contributed by atoms with E-state index in [9.17, 15) is 4.79 Å². The Balaban J connectivity index is 1.27. The lowest BCUT2D eigenvalue weighted by molar-refractivity contribution is -0.129. The molecule has 1 N–H and O–H groups in total. The number of benzene rings is 2. The molecule has 1 saturated heterocycles. The molecule has 0 atom stereocenters. The highest BCUT2D eigenvalue weighted by atomic mass is 32.1. The number of fused-ring (bicyclic) bond motifs is 1. The molecule has 0 radical (unpaired) electrons. The molecule has 0 bridgehead atoms. The second-order valence-electron chi connectivity index (χ2n) is 7.42. The number of amides is 1. The van der Waals surface area contributed by atoms with Gasteiger partial charge in [-0.3, -0.25) is 4.79 Å². The Hall–Kier alpha value is -3.72. The molecule has 2 aromatic heterocycles. The van der Waals surface area contributed by atoms with Crippen LogP contribution in [0.2, 0.25) is 0 Å². The number of carbonyl (C=O) groups is 1. The molecular weight excluding hydrogens is 424 g/mol. The van der Waals surface area contributed by atoms with Crippen LogP contribution < -0.4 is 15.0 Å². The van der Waals surface area contributed by atoms with Crippen molar-refractivity contribution in [2.24, 2.45) is 0 Å². The van der Waals surface area contributed by atoms with Crippen LogP contribution in [0.15, 0.2) is 60.9 Å². The van der Waals surface area contributed by atoms with Gasteiger partial charge in [-0.2, -0.15) is 0 Å². The first-order valence-electron chi connectivity index (χ1n) is 10.4. The number of thiazole rings is 1. The van der Waals surface area contributed by atoms with Gasteiger partial charge < -0.3 is 19.9 Å². The van der Waals surface area contributed by atoms with Crippen LogP contribution >= 0.6 is 11.3 Å². The first-order chi connectivity index (χ1) is 15.7. The molecule has 0 unspecified atom stereocenters. The maximum atomic E-state index is 11.6. The molecule has 1 aliphatic heterocycles. The number of carbonyl (C=O) groups excluding carboxylic acids is 1. The summed E-state index contributed by atoms with van der Waals surface area (Å²) in [4.78, 5) is 29.0. The van der Waals surface area contributed by atoms with Gasteiger partial charge in [0.05, 0.1) is 10.2 Å². The molecule has 32 heavy (non-hydrogen) atoms. The molecule has 0 spiro atoms. The van der Waals surface area contributed by atoms with Gasteiger partial charge in [0.1, 0.15) is 5.75 Å². The predicted octanol–water partition coefficient (Wildman–Crippen LogP) is 4.29. The van der Waals surface area contributed by atoms with Gasteiger partial charge in [0, 0.05) is 51.2 Å². The van der Waals surface area contributed by atoms with Gasteiger partial charge in [0.2, 0.25) is 5.91 Å². The molecule has 2 aromatic carbocycles. The maximum absolute atomic E-state index is 11.6. The quantitative estimate of drug-likeness (QED) is 0.490. The van der Waals surface area contributed by atoms with Crippen molar-refractivity contribution < 1.29 is 9.53 Å². The van der Waals surface area contributed by atoms with E-state index in [1.807, 2.05) is 47.4 Å². The van der Waals surface area contributed by atoms with Gasteiger partial charge >= 0.3 is 0 Å². The number of rotatable bonds is 5. The molecule has 162 valence electrons. The van der Waals surface area contributed by atoms with Crippen LogP contribution in [0.3, 0.4) is 0 Å². The minimum atomic E-state index is 0.0971. The molecule has 1 fully saturated rings. The third kappa shape index (κ3) is 4.33. The number of ether oxygens (including phenoxy) is 1. The number of piperazine rings is 1. The van der Waals surface area contributed by atoms with Crippen molar-refractivity contribution in [1.29, 1.82) is 0 Å². The normalized spacial score (nSPS) is 13.9. The summed E-state index contributed by atoms with van der Waals surface area (Å²) in [6.07, 6.45) is 3.28. The summed E-state index contributed by atoms with van der Waals surface area (Å²) in [7, 11) is 0. The summed E-state index contributed by atoms with van der Waals surface area (Å²) < 4.78 is 7.20. The molecule has 9 heteroatoms. The zero-order chi connectivity index (χ0) is 21.9. The molecular formula is C23H22N6O2S. The standard InChI is InChI=1S/C23H22N6O2S/c1-16(30)28-12-14-29(15-13-28)21-22(25-11-10-24-21)31-18-8-6-17(7-9-18)26-23-27-19-4-2-3-5-20(19)32-23/h2-11H,12-15H2,1H3,(H,26,27). The van der Waals surface area contributed by atoms with E-state index in [-0.39, 0.29) is 5.91 Å². The second kappa shape index (κ2) is 8.80. The van der Waals surface area contributed by atoms with Gasteiger partial charge in [-0.1, -0.05) is 23.5 Å². The Kier molecular flexibility index (Phi) is 5.55. The number of aromatic nitrogens is 3. The third-order valence-electron chi connectivity index (χ3n) is 5.29. The van der Waals surface area contributed by atoms with Crippen LogP contribution in [0.1, 0.15) is 6.92 Å². The van der Waals surface area contributed by atoms with E-state index in [4.69, 9.17) is 4.74 Å². The van der Waals surface area contributed by atoms with Crippen LogP contribution in [-0.4, -0.2) is 51.9 Å². The Bertz CT molecular complexity index is 1200. The molecule has 1 amide bonds. The fourth-order valence-corrected chi connectivity index (χ4v) is 4.49. The molecule has 5 rings (SSSR count). The molecule has 0 aliphatic carbocycles. The van der Waals surface area contributed by atoms with Crippen LogP contribution in [0.25, 0.3) is 10.2 Å². The zero-order valence-corrected chi connectivity index (χ0v) is 18.4. The Morgan fingerprint density at radius 3 is 2.50 bits per heavy atom. The van der Waals surface area contributed by atoms with Crippen molar-refractivity contribution >= 4 is 44.1 Å². The van der Waals surface area contributed by atoms with Crippen molar-refractivity contribution in [3.63, 3.8) is 0 Å². The van der Waals surface area contributed by atoms with Crippen LogP contribution in [0.4, 0.5) is 16.6 Å². The van der Waals surface area contributed by atoms with Gasteiger partial charge in [-0.15, -0.1) is 0 Å². The average molecular weight is 447 g/mol. The first kappa shape index (κ1) is 20.2. The van der Waals surface area contributed by atoms with Gasteiger partial charge in [0.15, 0.2) is 10.9 Å². The van der Waals surface area contributed by atoms with Crippen LogP contribution in [0.5, 0.6) is 11.6 Å².